The van der Waals surface area contributed by atoms with Crippen LogP contribution in [0.25, 0.3) is 0 Å². The maximum Gasteiger partial charge on any atom is 0.220 e. The number of nitrogens with one attached hydrogen (secondary N) is 1. The van der Waals surface area contributed by atoms with Crippen molar-refractivity contribution in [1.29, 1.82) is 0 Å². The lowest BCUT2D eigenvalue weighted by Crippen LogP contribution is -2.33. The third-order valence-electron chi connectivity index (χ3n) is 4.75. The first-order valence-electron chi connectivity index (χ1n) is 7.88. The largest absolute Gasteiger partial charge is 0.353 e. The molecule has 19 heavy (non-hydrogen) atoms. The van der Waals surface area contributed by atoms with Gasteiger partial charge in [-0.1, -0.05) is 20.8 Å². The number of rotatable bonds is 4. The third-order valence-corrected chi connectivity index (χ3v) is 4.75. The van der Waals surface area contributed by atoms with Gasteiger partial charge in [0.25, 0.3) is 0 Å². The standard InChI is InChI=1S/C16H30N2O/c1-16(2,3)6-4-5-15(19)18-14-9-11-7-13(17)8-12(11)10-14/h11-14H,4-10,17H2,1-3H3,(H,18,19). The number of carbonyl (C=O) groups is 1. The van der Waals surface area contributed by atoms with Crippen LogP contribution in [0, 0.1) is 17.3 Å². The SMILES string of the molecule is CC(C)(C)CCCC(=O)NC1CC2CC(N)CC2C1. The van der Waals surface area contributed by atoms with E-state index in [0.717, 1.165) is 37.5 Å². The lowest BCUT2D eigenvalue weighted by atomic mass is 9.90. The summed E-state index contributed by atoms with van der Waals surface area (Å²) in [6.45, 7) is 6.69. The van der Waals surface area contributed by atoms with Crippen molar-refractivity contribution in [3.8, 4) is 0 Å². The highest BCUT2D eigenvalue weighted by Crippen LogP contribution is 2.43. The minimum atomic E-state index is 0.249. The van der Waals surface area contributed by atoms with Crippen LogP contribution in [-0.4, -0.2) is 18.0 Å². The summed E-state index contributed by atoms with van der Waals surface area (Å²) in [5.41, 5.74) is 6.32. The summed E-state index contributed by atoms with van der Waals surface area (Å²) in [5, 5.41) is 3.23. The highest BCUT2D eigenvalue weighted by molar-refractivity contribution is 5.76. The molecule has 0 heterocycles. The minimum absolute atomic E-state index is 0.249. The predicted octanol–water partition coefficient (Wildman–Crippen LogP) is 2.83. The normalized spacial score (nSPS) is 34.3. The Kier molecular flexibility index (Phi) is 4.54. The smallest absolute Gasteiger partial charge is 0.220 e. The van der Waals surface area contributed by atoms with Gasteiger partial charge in [-0.2, -0.15) is 0 Å². The van der Waals surface area contributed by atoms with Crippen molar-refractivity contribution in [2.45, 2.75) is 77.8 Å². The van der Waals surface area contributed by atoms with Gasteiger partial charge in [0.05, 0.1) is 0 Å². The van der Waals surface area contributed by atoms with Gasteiger partial charge in [-0.25, -0.2) is 0 Å². The molecule has 3 N–H and O–H groups in total. The van der Waals surface area contributed by atoms with E-state index in [4.69, 9.17) is 5.73 Å². The molecule has 2 unspecified atom stereocenters. The average molecular weight is 266 g/mol. The van der Waals surface area contributed by atoms with Crippen LogP contribution in [0.4, 0.5) is 0 Å². The van der Waals surface area contributed by atoms with E-state index >= 15 is 0 Å². The Hall–Kier alpha value is -0.570. The highest BCUT2D eigenvalue weighted by Gasteiger charge is 2.40. The van der Waals surface area contributed by atoms with E-state index in [1.807, 2.05) is 0 Å². The summed E-state index contributed by atoms with van der Waals surface area (Å²) in [5.74, 6) is 1.79. The fraction of sp³-hybridized carbons (Fsp3) is 0.938. The molecule has 0 spiro atoms. The maximum atomic E-state index is 11.9. The summed E-state index contributed by atoms with van der Waals surface area (Å²) in [6.07, 6.45) is 7.45. The quantitative estimate of drug-likeness (QED) is 0.822. The Labute approximate surface area is 117 Å². The van der Waals surface area contributed by atoms with Gasteiger partial charge in [-0.3, -0.25) is 4.79 Å². The molecule has 0 bridgehead atoms. The zero-order chi connectivity index (χ0) is 14.0. The van der Waals surface area contributed by atoms with Crippen molar-refractivity contribution in [3.05, 3.63) is 0 Å². The van der Waals surface area contributed by atoms with Gasteiger partial charge in [0.1, 0.15) is 0 Å². The fourth-order valence-electron chi connectivity index (χ4n) is 3.86. The van der Waals surface area contributed by atoms with Crippen LogP contribution < -0.4 is 11.1 Å². The fourth-order valence-corrected chi connectivity index (χ4v) is 3.86. The zero-order valence-electron chi connectivity index (χ0n) is 12.7. The van der Waals surface area contributed by atoms with Crippen molar-refractivity contribution in [2.24, 2.45) is 23.0 Å². The monoisotopic (exact) mass is 266 g/mol. The number of hydrogen-bond donors (Lipinski definition) is 2. The van der Waals surface area contributed by atoms with E-state index in [2.05, 4.69) is 26.1 Å². The van der Waals surface area contributed by atoms with E-state index in [1.165, 1.54) is 12.8 Å². The van der Waals surface area contributed by atoms with Crippen LogP contribution in [0.1, 0.15) is 65.7 Å². The molecule has 2 aliphatic carbocycles. The molecular weight excluding hydrogens is 236 g/mol. The first-order valence-corrected chi connectivity index (χ1v) is 7.88. The van der Waals surface area contributed by atoms with Crippen LogP contribution in [-0.2, 0) is 4.79 Å². The van der Waals surface area contributed by atoms with Gasteiger partial charge >= 0.3 is 0 Å². The number of nitrogens with two attached hydrogens (primary N) is 1. The van der Waals surface area contributed by atoms with E-state index in [0.29, 0.717) is 23.9 Å². The molecule has 3 nitrogen and oxygen atoms in total. The van der Waals surface area contributed by atoms with Crippen molar-refractivity contribution in [1.82, 2.24) is 5.32 Å². The van der Waals surface area contributed by atoms with Crippen LogP contribution in [0.15, 0.2) is 0 Å². The van der Waals surface area contributed by atoms with Crippen LogP contribution in [0.2, 0.25) is 0 Å². The lowest BCUT2D eigenvalue weighted by Gasteiger charge is -2.18. The molecule has 0 saturated heterocycles. The Balaban J connectivity index is 1.65. The molecule has 0 aromatic heterocycles. The summed E-state index contributed by atoms with van der Waals surface area (Å²) >= 11 is 0. The summed E-state index contributed by atoms with van der Waals surface area (Å²) in [7, 11) is 0. The van der Waals surface area contributed by atoms with Crippen molar-refractivity contribution < 1.29 is 4.79 Å². The summed E-state index contributed by atoms with van der Waals surface area (Å²) in [6, 6.07) is 0.836. The molecule has 2 aliphatic rings. The molecule has 2 atom stereocenters. The summed E-state index contributed by atoms with van der Waals surface area (Å²) in [4.78, 5) is 11.9. The predicted molar refractivity (Wildman–Crippen MR) is 78.7 cm³/mol. The van der Waals surface area contributed by atoms with Crippen molar-refractivity contribution in [3.63, 3.8) is 0 Å². The summed E-state index contributed by atoms with van der Waals surface area (Å²) < 4.78 is 0. The maximum absolute atomic E-state index is 11.9. The lowest BCUT2D eigenvalue weighted by molar-refractivity contribution is -0.122. The molecule has 1 amide bonds. The molecule has 0 radical (unpaired) electrons. The highest BCUT2D eigenvalue weighted by atomic mass is 16.1. The number of carbonyl (C=O) groups excluding carboxylic acids is 1. The first kappa shape index (κ1) is 14.8. The average Bonchev–Trinajstić information content (AvgIpc) is 2.71. The van der Waals surface area contributed by atoms with Crippen LogP contribution in [0.3, 0.4) is 0 Å². The molecule has 2 fully saturated rings. The molecule has 2 rings (SSSR count). The van der Waals surface area contributed by atoms with Crippen molar-refractivity contribution >= 4 is 5.91 Å². The van der Waals surface area contributed by atoms with Crippen molar-refractivity contribution in [2.75, 3.05) is 0 Å². The van der Waals surface area contributed by atoms with E-state index in [-0.39, 0.29) is 5.91 Å². The molecule has 0 aromatic rings. The second-order valence-corrected chi connectivity index (χ2v) is 7.90. The van der Waals surface area contributed by atoms with Gasteiger partial charge in [0, 0.05) is 18.5 Å². The van der Waals surface area contributed by atoms with Gasteiger partial charge in [-0.05, 0) is 55.8 Å². The van der Waals surface area contributed by atoms with Gasteiger partial charge in [0.2, 0.25) is 5.91 Å². The first-order chi connectivity index (χ1) is 8.83. The van der Waals surface area contributed by atoms with Gasteiger partial charge in [-0.15, -0.1) is 0 Å². The van der Waals surface area contributed by atoms with Crippen LogP contribution >= 0.6 is 0 Å². The van der Waals surface area contributed by atoms with E-state index in [9.17, 15) is 4.79 Å². The zero-order valence-corrected chi connectivity index (χ0v) is 12.7. The molecule has 0 aromatic carbocycles. The second-order valence-electron chi connectivity index (χ2n) is 7.90. The van der Waals surface area contributed by atoms with E-state index < -0.39 is 0 Å². The van der Waals surface area contributed by atoms with Crippen LogP contribution in [0.5, 0.6) is 0 Å². The molecule has 2 saturated carbocycles. The Morgan fingerprint density at radius 2 is 1.74 bits per heavy atom. The third kappa shape index (κ3) is 4.48. The van der Waals surface area contributed by atoms with Gasteiger partial charge in [0.15, 0.2) is 0 Å². The molecular formula is C16H30N2O. The number of hydrogen-bond acceptors (Lipinski definition) is 2. The number of fused-ring (bicyclic) bond motifs is 1. The topological polar surface area (TPSA) is 55.1 Å². The second kappa shape index (κ2) is 5.82. The number of amides is 1. The Morgan fingerprint density at radius 3 is 2.26 bits per heavy atom. The molecule has 3 heteroatoms. The minimum Gasteiger partial charge on any atom is -0.353 e. The molecule has 0 aliphatic heterocycles. The Bertz CT molecular complexity index is 307. The Morgan fingerprint density at radius 1 is 1.16 bits per heavy atom. The van der Waals surface area contributed by atoms with Gasteiger partial charge < -0.3 is 11.1 Å². The van der Waals surface area contributed by atoms with E-state index in [1.54, 1.807) is 0 Å². The molecule has 110 valence electrons.